The van der Waals surface area contributed by atoms with Gasteiger partial charge in [-0.15, -0.1) is 0 Å². The molecule has 1 N–H and O–H groups in total. The van der Waals surface area contributed by atoms with Gasteiger partial charge in [0.15, 0.2) is 0 Å². The fourth-order valence-electron chi connectivity index (χ4n) is 1.52. The van der Waals surface area contributed by atoms with Gasteiger partial charge in [-0.05, 0) is 40.7 Å². The highest BCUT2D eigenvalue weighted by Crippen LogP contribution is 2.30. The summed E-state index contributed by atoms with van der Waals surface area (Å²) in [5.41, 5.74) is 1.18. The van der Waals surface area contributed by atoms with Crippen LogP contribution in [-0.2, 0) is 6.54 Å². The Morgan fingerprint density at radius 3 is 2.83 bits per heavy atom. The van der Waals surface area contributed by atoms with Crippen molar-refractivity contribution in [3.63, 3.8) is 0 Å². The van der Waals surface area contributed by atoms with Gasteiger partial charge in [-0.3, -0.25) is 4.98 Å². The second-order valence-electron chi connectivity index (χ2n) is 3.74. The second-order valence-corrected chi connectivity index (χ2v) is 5.03. The third-order valence-electron chi connectivity index (χ3n) is 2.28. The van der Waals surface area contributed by atoms with Crippen LogP contribution in [0, 0.1) is 0 Å². The first-order valence-corrected chi connectivity index (χ1v) is 6.57. The highest BCUT2D eigenvalue weighted by atomic mass is 79.9. The summed E-state index contributed by atoms with van der Waals surface area (Å²) in [5.74, 6) is 1.35. The number of hydrogen-bond donors (Lipinski definition) is 1. The molecule has 0 amide bonds. The van der Waals surface area contributed by atoms with Gasteiger partial charge in [-0.25, -0.2) is 0 Å². The van der Waals surface area contributed by atoms with Crippen LogP contribution < -0.4 is 10.1 Å². The zero-order valence-electron chi connectivity index (χ0n) is 9.78. The molecule has 2 aromatic rings. The quantitative estimate of drug-likeness (QED) is 0.921. The predicted molar refractivity (Wildman–Crippen MR) is 76.2 cm³/mol. The number of pyridine rings is 1. The highest BCUT2D eigenvalue weighted by molar-refractivity contribution is 9.10. The molecule has 18 heavy (non-hydrogen) atoms. The van der Waals surface area contributed by atoms with Crippen molar-refractivity contribution in [1.29, 1.82) is 0 Å². The van der Waals surface area contributed by atoms with Crippen molar-refractivity contribution in [3.05, 3.63) is 51.7 Å². The van der Waals surface area contributed by atoms with Crippen LogP contribution in [-0.4, -0.2) is 12.0 Å². The fraction of sp³-hybridized carbons (Fsp3) is 0.154. The maximum atomic E-state index is 5.85. The standard InChI is InChI=1S/C13H12BrClN2O/c1-16-6-9-2-3-13(12(14)4-9)18-11-5-10(15)7-17-8-11/h2-5,7-8,16H,6H2,1H3. The van der Waals surface area contributed by atoms with Gasteiger partial charge in [-0.2, -0.15) is 0 Å². The van der Waals surface area contributed by atoms with E-state index in [4.69, 9.17) is 16.3 Å². The van der Waals surface area contributed by atoms with E-state index in [9.17, 15) is 0 Å². The first kappa shape index (κ1) is 13.3. The van der Waals surface area contributed by atoms with E-state index in [1.165, 1.54) is 5.56 Å². The van der Waals surface area contributed by atoms with Crippen molar-refractivity contribution in [3.8, 4) is 11.5 Å². The summed E-state index contributed by atoms with van der Waals surface area (Å²) in [4.78, 5) is 3.97. The molecule has 0 radical (unpaired) electrons. The molecule has 0 saturated carbocycles. The largest absolute Gasteiger partial charge is 0.455 e. The molecule has 2 rings (SSSR count). The number of rotatable bonds is 4. The Morgan fingerprint density at radius 2 is 2.17 bits per heavy atom. The third-order valence-corrected chi connectivity index (χ3v) is 3.11. The van der Waals surface area contributed by atoms with Crippen LogP contribution in [0.15, 0.2) is 41.1 Å². The fourth-order valence-corrected chi connectivity index (χ4v) is 2.19. The van der Waals surface area contributed by atoms with Gasteiger partial charge >= 0.3 is 0 Å². The zero-order valence-corrected chi connectivity index (χ0v) is 12.1. The SMILES string of the molecule is CNCc1ccc(Oc2cncc(Cl)c2)c(Br)c1. The Kier molecular flexibility index (Phi) is 4.58. The molecular weight excluding hydrogens is 316 g/mol. The van der Waals surface area contributed by atoms with Crippen LogP contribution in [0.3, 0.4) is 0 Å². The van der Waals surface area contributed by atoms with Gasteiger partial charge in [0.25, 0.3) is 0 Å². The minimum Gasteiger partial charge on any atom is -0.455 e. The molecule has 0 fully saturated rings. The highest BCUT2D eigenvalue weighted by Gasteiger charge is 2.04. The summed E-state index contributed by atoms with van der Waals surface area (Å²) in [6.07, 6.45) is 3.19. The van der Waals surface area contributed by atoms with Crippen molar-refractivity contribution in [1.82, 2.24) is 10.3 Å². The van der Waals surface area contributed by atoms with E-state index in [0.717, 1.165) is 16.8 Å². The smallest absolute Gasteiger partial charge is 0.147 e. The Bertz CT molecular complexity index is 548. The van der Waals surface area contributed by atoms with E-state index < -0.39 is 0 Å². The van der Waals surface area contributed by atoms with E-state index in [2.05, 4.69) is 26.2 Å². The van der Waals surface area contributed by atoms with Crippen LogP contribution in [0.2, 0.25) is 5.02 Å². The van der Waals surface area contributed by atoms with Crippen LogP contribution in [0.5, 0.6) is 11.5 Å². The van der Waals surface area contributed by atoms with Crippen molar-refractivity contribution >= 4 is 27.5 Å². The minimum atomic E-state index is 0.551. The van der Waals surface area contributed by atoms with Crippen LogP contribution >= 0.6 is 27.5 Å². The molecule has 94 valence electrons. The minimum absolute atomic E-state index is 0.551. The summed E-state index contributed by atoms with van der Waals surface area (Å²) in [5, 5.41) is 3.65. The molecule has 0 unspecified atom stereocenters. The lowest BCUT2D eigenvalue weighted by atomic mass is 10.2. The molecule has 0 bridgehead atoms. The van der Waals surface area contributed by atoms with Crippen molar-refractivity contribution in [2.24, 2.45) is 0 Å². The number of nitrogens with one attached hydrogen (secondary N) is 1. The van der Waals surface area contributed by atoms with E-state index in [1.54, 1.807) is 18.5 Å². The lowest BCUT2D eigenvalue weighted by Crippen LogP contribution is -2.04. The summed E-state index contributed by atoms with van der Waals surface area (Å²) in [6, 6.07) is 7.67. The van der Waals surface area contributed by atoms with Crippen molar-refractivity contribution in [2.45, 2.75) is 6.54 Å². The first-order valence-electron chi connectivity index (χ1n) is 5.40. The molecule has 0 aliphatic carbocycles. The summed E-state index contributed by atoms with van der Waals surface area (Å²) < 4.78 is 6.61. The Morgan fingerprint density at radius 1 is 1.33 bits per heavy atom. The van der Waals surface area contributed by atoms with E-state index in [1.807, 2.05) is 25.2 Å². The maximum absolute atomic E-state index is 5.85. The lowest BCUT2D eigenvalue weighted by Gasteiger charge is -2.09. The average molecular weight is 328 g/mol. The van der Waals surface area contributed by atoms with Crippen LogP contribution in [0.25, 0.3) is 0 Å². The van der Waals surface area contributed by atoms with Crippen molar-refractivity contribution < 1.29 is 4.74 Å². The first-order chi connectivity index (χ1) is 8.69. The summed E-state index contributed by atoms with van der Waals surface area (Å²) in [6.45, 7) is 0.817. The molecule has 1 aromatic heterocycles. The molecule has 0 aliphatic rings. The molecular formula is C13H12BrClN2O. The molecule has 0 spiro atoms. The monoisotopic (exact) mass is 326 g/mol. The summed E-state index contributed by atoms with van der Waals surface area (Å²) >= 11 is 9.34. The Labute approximate surface area is 119 Å². The Hall–Kier alpha value is -1.10. The van der Waals surface area contributed by atoms with Crippen LogP contribution in [0.1, 0.15) is 5.56 Å². The van der Waals surface area contributed by atoms with E-state index in [-0.39, 0.29) is 0 Å². The van der Waals surface area contributed by atoms with Gasteiger partial charge < -0.3 is 10.1 Å². The molecule has 3 nitrogen and oxygen atoms in total. The third kappa shape index (κ3) is 3.45. The topological polar surface area (TPSA) is 34.1 Å². The number of nitrogens with zero attached hydrogens (tertiary/aromatic N) is 1. The Balaban J connectivity index is 2.19. The number of benzene rings is 1. The normalized spacial score (nSPS) is 10.4. The number of aromatic nitrogens is 1. The van der Waals surface area contributed by atoms with Crippen LogP contribution in [0.4, 0.5) is 0 Å². The van der Waals surface area contributed by atoms with Gasteiger partial charge in [-0.1, -0.05) is 17.7 Å². The molecule has 1 heterocycles. The van der Waals surface area contributed by atoms with E-state index >= 15 is 0 Å². The average Bonchev–Trinajstić information content (AvgIpc) is 2.33. The van der Waals surface area contributed by atoms with Gasteiger partial charge in [0.2, 0.25) is 0 Å². The molecule has 1 aromatic carbocycles. The predicted octanol–water partition coefficient (Wildman–Crippen LogP) is 4.01. The maximum Gasteiger partial charge on any atom is 0.147 e. The zero-order chi connectivity index (χ0) is 13.0. The lowest BCUT2D eigenvalue weighted by molar-refractivity contribution is 0.477. The molecule has 5 heteroatoms. The molecule has 0 aliphatic heterocycles. The molecule has 0 saturated heterocycles. The number of ether oxygens (including phenoxy) is 1. The van der Waals surface area contributed by atoms with Gasteiger partial charge in [0, 0.05) is 18.8 Å². The summed E-state index contributed by atoms with van der Waals surface area (Å²) in [7, 11) is 1.91. The van der Waals surface area contributed by atoms with Gasteiger partial charge in [0.1, 0.15) is 11.5 Å². The van der Waals surface area contributed by atoms with E-state index in [0.29, 0.717) is 10.8 Å². The van der Waals surface area contributed by atoms with Gasteiger partial charge in [0.05, 0.1) is 15.7 Å². The second kappa shape index (κ2) is 6.18. The number of hydrogen-bond acceptors (Lipinski definition) is 3. The number of halogens is 2. The molecule has 0 atom stereocenters. The van der Waals surface area contributed by atoms with Crippen molar-refractivity contribution in [2.75, 3.05) is 7.05 Å².